The van der Waals surface area contributed by atoms with Crippen LogP contribution in [0.25, 0.3) is 11.0 Å². The van der Waals surface area contributed by atoms with Crippen LogP contribution in [-0.2, 0) is 17.5 Å². The Morgan fingerprint density at radius 3 is 2.48 bits per heavy atom. The Bertz CT molecular complexity index is 1150. The molecule has 9 heteroatoms. The SMILES string of the molecule is COc1ccccc1NC(=O)Cn1c(=O)c(C(F)(F)F)nc2cc(C)c(C)cc21. The minimum atomic E-state index is -4.94. The van der Waals surface area contributed by atoms with E-state index in [0.717, 1.165) is 15.7 Å². The average molecular weight is 405 g/mol. The van der Waals surface area contributed by atoms with E-state index in [2.05, 4.69) is 10.3 Å². The molecule has 0 bridgehead atoms. The fourth-order valence-electron chi connectivity index (χ4n) is 2.92. The zero-order valence-corrected chi connectivity index (χ0v) is 15.9. The van der Waals surface area contributed by atoms with Crippen molar-refractivity contribution in [3.05, 3.63) is 63.6 Å². The summed E-state index contributed by atoms with van der Waals surface area (Å²) in [4.78, 5) is 28.6. The number of anilines is 1. The minimum Gasteiger partial charge on any atom is -0.495 e. The largest absolute Gasteiger partial charge is 0.495 e. The van der Waals surface area contributed by atoms with Crippen LogP contribution in [0.2, 0.25) is 0 Å². The smallest absolute Gasteiger partial charge is 0.438 e. The molecular formula is C20H18F3N3O3. The number of para-hydroxylation sites is 2. The number of ether oxygens (including phenoxy) is 1. The molecule has 1 heterocycles. The van der Waals surface area contributed by atoms with E-state index in [1.165, 1.54) is 13.2 Å². The molecule has 0 saturated heterocycles. The van der Waals surface area contributed by atoms with E-state index in [4.69, 9.17) is 4.74 Å². The van der Waals surface area contributed by atoms with Crippen molar-refractivity contribution in [2.24, 2.45) is 0 Å². The molecule has 0 aliphatic carbocycles. The molecule has 0 fully saturated rings. The van der Waals surface area contributed by atoms with E-state index >= 15 is 0 Å². The maximum atomic E-state index is 13.3. The fraction of sp³-hybridized carbons (Fsp3) is 0.250. The van der Waals surface area contributed by atoms with Crippen LogP contribution in [0.1, 0.15) is 16.8 Å². The van der Waals surface area contributed by atoms with Gasteiger partial charge in [0.1, 0.15) is 12.3 Å². The van der Waals surface area contributed by atoms with Crippen molar-refractivity contribution in [1.82, 2.24) is 9.55 Å². The highest BCUT2D eigenvalue weighted by Gasteiger charge is 2.37. The lowest BCUT2D eigenvalue weighted by atomic mass is 10.1. The number of hydrogen-bond donors (Lipinski definition) is 1. The summed E-state index contributed by atoms with van der Waals surface area (Å²) in [5.41, 5.74) is -0.957. The van der Waals surface area contributed by atoms with Gasteiger partial charge < -0.3 is 10.1 Å². The van der Waals surface area contributed by atoms with Crippen LogP contribution in [0, 0.1) is 13.8 Å². The van der Waals surface area contributed by atoms with Crippen LogP contribution < -0.4 is 15.6 Å². The normalized spacial score (nSPS) is 11.5. The Labute approximate surface area is 163 Å². The first-order valence-corrected chi connectivity index (χ1v) is 8.63. The molecule has 0 unspecified atom stereocenters. The molecule has 3 aromatic rings. The molecule has 29 heavy (non-hydrogen) atoms. The fourth-order valence-corrected chi connectivity index (χ4v) is 2.92. The summed E-state index contributed by atoms with van der Waals surface area (Å²) in [7, 11) is 1.42. The maximum absolute atomic E-state index is 13.3. The Balaban J connectivity index is 2.09. The number of aromatic nitrogens is 2. The predicted octanol–water partition coefficient (Wildman–Crippen LogP) is 3.68. The molecule has 0 radical (unpaired) electrons. The summed E-state index contributed by atoms with van der Waals surface area (Å²) in [6.45, 7) is 2.88. The summed E-state index contributed by atoms with van der Waals surface area (Å²) in [5, 5.41) is 2.56. The summed E-state index contributed by atoms with van der Waals surface area (Å²) in [5.74, 6) is -0.286. The van der Waals surface area contributed by atoms with Crippen LogP contribution in [0.5, 0.6) is 5.75 Å². The number of nitrogens with zero attached hydrogens (tertiary/aromatic N) is 2. The van der Waals surface area contributed by atoms with Gasteiger partial charge >= 0.3 is 6.18 Å². The van der Waals surface area contributed by atoms with Crippen molar-refractivity contribution in [3.63, 3.8) is 0 Å². The third-order valence-corrected chi connectivity index (χ3v) is 4.51. The Hall–Kier alpha value is -3.36. The number of alkyl halides is 3. The Morgan fingerprint density at radius 1 is 1.17 bits per heavy atom. The molecule has 152 valence electrons. The minimum absolute atomic E-state index is 0.00915. The number of benzene rings is 2. The molecule has 3 rings (SSSR count). The molecule has 1 N–H and O–H groups in total. The average Bonchev–Trinajstić information content (AvgIpc) is 2.65. The van der Waals surface area contributed by atoms with Gasteiger partial charge in [0.25, 0.3) is 5.56 Å². The van der Waals surface area contributed by atoms with E-state index in [0.29, 0.717) is 11.4 Å². The van der Waals surface area contributed by atoms with Crippen molar-refractivity contribution >= 4 is 22.6 Å². The summed E-state index contributed by atoms with van der Waals surface area (Å²) in [6, 6.07) is 9.59. The van der Waals surface area contributed by atoms with Crippen LogP contribution >= 0.6 is 0 Å². The first-order chi connectivity index (χ1) is 13.6. The van der Waals surface area contributed by atoms with Gasteiger partial charge in [-0.05, 0) is 49.2 Å². The van der Waals surface area contributed by atoms with Gasteiger partial charge in [-0.2, -0.15) is 13.2 Å². The van der Waals surface area contributed by atoms with Gasteiger partial charge in [0, 0.05) is 0 Å². The van der Waals surface area contributed by atoms with Gasteiger partial charge in [-0.3, -0.25) is 14.2 Å². The topological polar surface area (TPSA) is 73.2 Å². The highest BCUT2D eigenvalue weighted by molar-refractivity contribution is 5.93. The standard InChI is InChI=1S/C20H18F3N3O3/c1-11-8-14-15(9-12(11)2)26(19(28)18(25-14)20(21,22)23)10-17(27)24-13-6-4-5-7-16(13)29-3/h4-9H,10H2,1-3H3,(H,24,27). The second-order valence-electron chi connectivity index (χ2n) is 6.52. The summed E-state index contributed by atoms with van der Waals surface area (Å²) < 4.78 is 45.9. The lowest BCUT2D eigenvalue weighted by Crippen LogP contribution is -2.34. The number of carbonyl (C=O) groups excluding carboxylic acids is 1. The van der Waals surface area contributed by atoms with Crippen molar-refractivity contribution in [2.45, 2.75) is 26.6 Å². The molecule has 2 aromatic carbocycles. The maximum Gasteiger partial charge on any atom is 0.438 e. The number of nitrogens with one attached hydrogen (secondary N) is 1. The third kappa shape index (κ3) is 4.08. The van der Waals surface area contributed by atoms with Crippen LogP contribution in [0.4, 0.5) is 18.9 Å². The number of halogens is 3. The van der Waals surface area contributed by atoms with Crippen molar-refractivity contribution in [2.75, 3.05) is 12.4 Å². The number of hydrogen-bond acceptors (Lipinski definition) is 4. The van der Waals surface area contributed by atoms with Crippen LogP contribution in [0.15, 0.2) is 41.2 Å². The highest BCUT2D eigenvalue weighted by Crippen LogP contribution is 2.27. The van der Waals surface area contributed by atoms with Gasteiger partial charge in [-0.15, -0.1) is 0 Å². The summed E-state index contributed by atoms with van der Waals surface area (Å²) in [6.07, 6.45) is -4.94. The molecule has 0 aliphatic heterocycles. The van der Waals surface area contributed by atoms with Crippen molar-refractivity contribution in [1.29, 1.82) is 0 Å². The summed E-state index contributed by atoms with van der Waals surface area (Å²) >= 11 is 0. The second kappa shape index (κ2) is 7.57. The van der Waals surface area contributed by atoms with E-state index in [1.54, 1.807) is 44.2 Å². The molecule has 0 aliphatic rings. The van der Waals surface area contributed by atoms with Crippen LogP contribution in [-0.4, -0.2) is 22.6 Å². The quantitative estimate of drug-likeness (QED) is 0.719. The molecule has 0 saturated carbocycles. The van der Waals surface area contributed by atoms with E-state index in [-0.39, 0.29) is 11.0 Å². The first kappa shape index (κ1) is 20.4. The van der Waals surface area contributed by atoms with Gasteiger partial charge in [-0.1, -0.05) is 12.1 Å². The molecule has 0 atom stereocenters. The lowest BCUT2D eigenvalue weighted by Gasteiger charge is -2.15. The number of methoxy groups -OCH3 is 1. The monoisotopic (exact) mass is 405 g/mol. The number of fused-ring (bicyclic) bond motifs is 1. The van der Waals surface area contributed by atoms with Gasteiger partial charge in [0.15, 0.2) is 0 Å². The van der Waals surface area contributed by atoms with Gasteiger partial charge in [0.05, 0.1) is 23.8 Å². The first-order valence-electron chi connectivity index (χ1n) is 8.63. The number of rotatable bonds is 4. The number of carbonyl (C=O) groups is 1. The van der Waals surface area contributed by atoms with Gasteiger partial charge in [-0.25, -0.2) is 4.98 Å². The molecule has 1 amide bonds. The second-order valence-corrected chi connectivity index (χ2v) is 6.52. The van der Waals surface area contributed by atoms with Crippen LogP contribution in [0.3, 0.4) is 0 Å². The number of aryl methyl sites for hydroxylation is 2. The van der Waals surface area contributed by atoms with E-state index in [9.17, 15) is 22.8 Å². The third-order valence-electron chi connectivity index (χ3n) is 4.51. The Kier molecular flexibility index (Phi) is 5.32. The Morgan fingerprint density at radius 2 is 1.83 bits per heavy atom. The number of amides is 1. The van der Waals surface area contributed by atoms with Gasteiger partial charge in [0.2, 0.25) is 11.6 Å². The molecule has 0 spiro atoms. The predicted molar refractivity (Wildman–Crippen MR) is 102 cm³/mol. The zero-order valence-electron chi connectivity index (χ0n) is 15.9. The zero-order chi connectivity index (χ0) is 21.3. The van der Waals surface area contributed by atoms with Crippen molar-refractivity contribution in [3.8, 4) is 5.75 Å². The molecular weight excluding hydrogens is 387 g/mol. The molecule has 1 aromatic heterocycles. The lowest BCUT2D eigenvalue weighted by molar-refractivity contribution is -0.142. The van der Waals surface area contributed by atoms with E-state index < -0.39 is 29.9 Å². The highest BCUT2D eigenvalue weighted by atomic mass is 19.4. The van der Waals surface area contributed by atoms with E-state index in [1.807, 2.05) is 0 Å². The van der Waals surface area contributed by atoms with Crippen molar-refractivity contribution < 1.29 is 22.7 Å². The molecule has 6 nitrogen and oxygen atoms in total.